The topological polar surface area (TPSA) is 6.48 Å². The smallest absolute Gasteiger partial charge is 0.108 e. The van der Waals surface area contributed by atoms with Gasteiger partial charge in [-0.1, -0.05) is 60.7 Å². The van der Waals surface area contributed by atoms with Crippen molar-refractivity contribution < 1.29 is 0 Å². The summed E-state index contributed by atoms with van der Waals surface area (Å²) in [7, 11) is 2.21. The van der Waals surface area contributed by atoms with Crippen LogP contribution in [-0.4, -0.2) is 25.0 Å². The SMILES string of the molecule is CN1CCN(c2ccc3ccccc3c2)C1c1ccccc1. The molecule has 22 heavy (non-hydrogen) atoms. The Labute approximate surface area is 131 Å². The standard InChI is InChI=1S/C20H20N2/c1-21-13-14-22(20(21)17-8-3-2-4-9-17)19-12-11-16-7-5-6-10-18(16)15-19/h2-12,15,20H,13-14H2,1H3. The van der Waals surface area contributed by atoms with Gasteiger partial charge in [0.2, 0.25) is 0 Å². The highest BCUT2D eigenvalue weighted by Gasteiger charge is 2.30. The summed E-state index contributed by atoms with van der Waals surface area (Å²) < 4.78 is 0. The summed E-state index contributed by atoms with van der Waals surface area (Å²) in [4.78, 5) is 4.92. The lowest BCUT2D eigenvalue weighted by Crippen LogP contribution is -2.28. The van der Waals surface area contributed by atoms with Gasteiger partial charge in [0.15, 0.2) is 0 Å². The van der Waals surface area contributed by atoms with Crippen molar-refractivity contribution in [3.63, 3.8) is 0 Å². The minimum absolute atomic E-state index is 0.322. The molecule has 1 atom stereocenters. The lowest BCUT2D eigenvalue weighted by Gasteiger charge is -2.30. The predicted octanol–water partition coefficient (Wildman–Crippen LogP) is 4.29. The third-order valence-corrected chi connectivity index (χ3v) is 4.57. The fourth-order valence-corrected chi connectivity index (χ4v) is 3.43. The van der Waals surface area contributed by atoms with Gasteiger partial charge in [0.1, 0.15) is 6.17 Å². The molecule has 0 bridgehead atoms. The first-order valence-corrected chi connectivity index (χ1v) is 7.83. The van der Waals surface area contributed by atoms with Gasteiger partial charge < -0.3 is 4.90 Å². The summed E-state index contributed by atoms with van der Waals surface area (Å²) in [6.07, 6.45) is 0.322. The van der Waals surface area contributed by atoms with E-state index in [-0.39, 0.29) is 0 Å². The van der Waals surface area contributed by atoms with Gasteiger partial charge in [-0.2, -0.15) is 0 Å². The number of hydrogen-bond donors (Lipinski definition) is 0. The molecular formula is C20H20N2. The largest absolute Gasteiger partial charge is 0.350 e. The van der Waals surface area contributed by atoms with Crippen LogP contribution in [0, 0.1) is 0 Å². The van der Waals surface area contributed by atoms with E-state index in [1.54, 1.807) is 0 Å². The Morgan fingerprint density at radius 1 is 0.773 bits per heavy atom. The van der Waals surface area contributed by atoms with Crippen LogP contribution in [-0.2, 0) is 0 Å². The first-order chi connectivity index (χ1) is 10.8. The van der Waals surface area contributed by atoms with Crippen LogP contribution in [0.4, 0.5) is 5.69 Å². The monoisotopic (exact) mass is 288 g/mol. The second-order valence-electron chi connectivity index (χ2n) is 5.99. The summed E-state index contributed by atoms with van der Waals surface area (Å²) in [6.45, 7) is 2.15. The Balaban J connectivity index is 1.76. The normalized spacial score (nSPS) is 19.0. The highest BCUT2D eigenvalue weighted by Crippen LogP contribution is 2.34. The van der Waals surface area contributed by atoms with Crippen molar-refractivity contribution >= 4 is 16.5 Å². The van der Waals surface area contributed by atoms with Crippen LogP contribution < -0.4 is 4.90 Å². The van der Waals surface area contributed by atoms with Gasteiger partial charge in [-0.15, -0.1) is 0 Å². The minimum Gasteiger partial charge on any atom is -0.350 e. The average Bonchev–Trinajstić information content (AvgIpc) is 2.97. The molecule has 1 unspecified atom stereocenters. The summed E-state index contributed by atoms with van der Waals surface area (Å²) in [5, 5.41) is 2.61. The molecule has 2 heteroatoms. The van der Waals surface area contributed by atoms with Crippen LogP contribution >= 0.6 is 0 Å². The van der Waals surface area contributed by atoms with E-state index in [0.717, 1.165) is 13.1 Å². The molecule has 1 aliphatic rings. The molecule has 3 aromatic carbocycles. The first-order valence-electron chi connectivity index (χ1n) is 7.83. The molecule has 0 aliphatic carbocycles. The van der Waals surface area contributed by atoms with E-state index in [9.17, 15) is 0 Å². The molecule has 4 rings (SSSR count). The van der Waals surface area contributed by atoms with E-state index in [1.807, 2.05) is 0 Å². The van der Waals surface area contributed by atoms with E-state index in [4.69, 9.17) is 0 Å². The van der Waals surface area contributed by atoms with E-state index in [2.05, 4.69) is 89.6 Å². The highest BCUT2D eigenvalue weighted by atomic mass is 15.4. The molecule has 110 valence electrons. The van der Waals surface area contributed by atoms with E-state index in [0.29, 0.717) is 6.17 Å². The lowest BCUT2D eigenvalue weighted by molar-refractivity contribution is 0.318. The van der Waals surface area contributed by atoms with Crippen LogP contribution in [0.3, 0.4) is 0 Å². The van der Waals surface area contributed by atoms with E-state index >= 15 is 0 Å². The third kappa shape index (κ3) is 2.26. The van der Waals surface area contributed by atoms with Crippen LogP contribution in [0.1, 0.15) is 11.7 Å². The Hall–Kier alpha value is -2.32. The van der Waals surface area contributed by atoms with Crippen molar-refractivity contribution in [3.8, 4) is 0 Å². The number of hydrogen-bond acceptors (Lipinski definition) is 2. The Morgan fingerprint density at radius 3 is 2.32 bits per heavy atom. The molecule has 3 aromatic rings. The van der Waals surface area contributed by atoms with Gasteiger partial charge in [0.05, 0.1) is 0 Å². The summed E-state index contributed by atoms with van der Waals surface area (Å²) >= 11 is 0. The molecule has 0 N–H and O–H groups in total. The van der Waals surface area contributed by atoms with E-state index in [1.165, 1.54) is 22.0 Å². The molecule has 1 saturated heterocycles. The number of anilines is 1. The first kappa shape index (κ1) is 13.4. The van der Waals surface area contributed by atoms with Crippen LogP contribution in [0.25, 0.3) is 10.8 Å². The molecule has 0 radical (unpaired) electrons. The fourth-order valence-electron chi connectivity index (χ4n) is 3.43. The molecular weight excluding hydrogens is 268 g/mol. The molecule has 0 saturated carbocycles. The highest BCUT2D eigenvalue weighted by molar-refractivity contribution is 5.86. The number of benzene rings is 3. The number of likely N-dealkylation sites (N-methyl/N-ethyl adjacent to an activating group) is 1. The lowest BCUT2D eigenvalue weighted by atomic mass is 10.1. The quantitative estimate of drug-likeness (QED) is 0.694. The molecule has 0 aromatic heterocycles. The Kier molecular flexibility index (Phi) is 3.32. The molecule has 1 fully saturated rings. The van der Waals surface area contributed by atoms with Crippen molar-refractivity contribution in [3.05, 3.63) is 78.4 Å². The zero-order valence-electron chi connectivity index (χ0n) is 12.8. The zero-order valence-corrected chi connectivity index (χ0v) is 12.8. The predicted molar refractivity (Wildman–Crippen MR) is 93.1 cm³/mol. The second-order valence-corrected chi connectivity index (χ2v) is 5.99. The number of nitrogens with zero attached hydrogens (tertiary/aromatic N) is 2. The van der Waals surface area contributed by atoms with Gasteiger partial charge >= 0.3 is 0 Å². The maximum absolute atomic E-state index is 2.50. The summed E-state index contributed by atoms with van der Waals surface area (Å²) in [6, 6.07) is 26.1. The molecule has 1 aliphatic heterocycles. The van der Waals surface area contributed by atoms with E-state index < -0.39 is 0 Å². The van der Waals surface area contributed by atoms with Crippen LogP contribution in [0.15, 0.2) is 72.8 Å². The van der Waals surface area contributed by atoms with Crippen LogP contribution in [0.2, 0.25) is 0 Å². The molecule has 2 nitrogen and oxygen atoms in total. The molecule has 0 amide bonds. The maximum atomic E-state index is 2.50. The average molecular weight is 288 g/mol. The van der Waals surface area contributed by atoms with Gasteiger partial charge in [-0.25, -0.2) is 0 Å². The van der Waals surface area contributed by atoms with Gasteiger partial charge in [0.25, 0.3) is 0 Å². The Morgan fingerprint density at radius 2 is 1.50 bits per heavy atom. The minimum atomic E-state index is 0.322. The summed E-state index contributed by atoms with van der Waals surface area (Å²) in [5.74, 6) is 0. The second kappa shape index (κ2) is 5.47. The van der Waals surface area contributed by atoms with Crippen molar-refractivity contribution in [2.45, 2.75) is 6.17 Å². The maximum Gasteiger partial charge on any atom is 0.108 e. The van der Waals surface area contributed by atoms with Crippen molar-refractivity contribution in [1.29, 1.82) is 0 Å². The molecule has 0 spiro atoms. The zero-order chi connectivity index (χ0) is 14.9. The Bertz CT molecular complexity index is 782. The summed E-state index contributed by atoms with van der Waals surface area (Å²) in [5.41, 5.74) is 2.66. The van der Waals surface area contributed by atoms with Gasteiger partial charge in [0, 0.05) is 18.8 Å². The van der Waals surface area contributed by atoms with Crippen molar-refractivity contribution in [2.24, 2.45) is 0 Å². The third-order valence-electron chi connectivity index (χ3n) is 4.57. The molecule has 1 heterocycles. The van der Waals surface area contributed by atoms with Crippen molar-refractivity contribution in [2.75, 3.05) is 25.0 Å². The number of fused-ring (bicyclic) bond motifs is 1. The van der Waals surface area contributed by atoms with Gasteiger partial charge in [-0.05, 0) is 35.5 Å². The van der Waals surface area contributed by atoms with Crippen molar-refractivity contribution in [1.82, 2.24) is 4.90 Å². The fraction of sp³-hybridized carbons (Fsp3) is 0.200. The van der Waals surface area contributed by atoms with Crippen LogP contribution in [0.5, 0.6) is 0 Å². The number of rotatable bonds is 2. The van der Waals surface area contributed by atoms with Gasteiger partial charge in [-0.3, -0.25) is 4.90 Å².